The van der Waals surface area contributed by atoms with Crippen molar-refractivity contribution in [2.24, 2.45) is 0 Å². The summed E-state index contributed by atoms with van der Waals surface area (Å²) in [6, 6.07) is 14.3. The molecular formula is C22H23N3O2. The molecule has 0 saturated carbocycles. The summed E-state index contributed by atoms with van der Waals surface area (Å²) in [6.07, 6.45) is 1.39. The number of aryl methyl sites for hydroxylation is 3. The number of carbonyl (C=O) groups is 1. The van der Waals surface area contributed by atoms with Crippen LogP contribution in [-0.2, 0) is 11.2 Å². The molecule has 0 spiro atoms. The molecule has 1 fully saturated rings. The van der Waals surface area contributed by atoms with Gasteiger partial charge in [-0.25, -0.2) is 0 Å². The minimum absolute atomic E-state index is 0.0500. The predicted octanol–water partition coefficient (Wildman–Crippen LogP) is 4.44. The molecule has 3 aromatic rings. The van der Waals surface area contributed by atoms with E-state index in [-0.39, 0.29) is 11.8 Å². The molecule has 0 N–H and O–H groups in total. The van der Waals surface area contributed by atoms with E-state index in [9.17, 15) is 4.79 Å². The number of rotatable bonds is 4. The van der Waals surface area contributed by atoms with Gasteiger partial charge in [0.05, 0.1) is 0 Å². The Morgan fingerprint density at radius 3 is 2.67 bits per heavy atom. The Labute approximate surface area is 159 Å². The molecule has 0 aliphatic carbocycles. The molecule has 0 radical (unpaired) electrons. The summed E-state index contributed by atoms with van der Waals surface area (Å²) in [5.41, 5.74) is 5.38. The summed E-state index contributed by atoms with van der Waals surface area (Å²) in [4.78, 5) is 18.9. The number of nitrogens with zero attached hydrogens (tertiary/aromatic N) is 3. The van der Waals surface area contributed by atoms with Crippen LogP contribution in [0.1, 0.15) is 41.8 Å². The van der Waals surface area contributed by atoms with E-state index in [4.69, 9.17) is 4.52 Å². The van der Waals surface area contributed by atoms with Gasteiger partial charge in [0, 0.05) is 30.1 Å². The van der Waals surface area contributed by atoms with E-state index in [0.717, 1.165) is 28.8 Å². The summed E-state index contributed by atoms with van der Waals surface area (Å²) >= 11 is 0. The number of carbonyl (C=O) groups excluding carboxylic acids is 1. The van der Waals surface area contributed by atoms with Crippen LogP contribution in [0.2, 0.25) is 0 Å². The number of aromatic nitrogens is 2. The van der Waals surface area contributed by atoms with Crippen molar-refractivity contribution in [1.29, 1.82) is 0 Å². The third kappa shape index (κ3) is 3.37. The average molecular weight is 361 g/mol. The zero-order valence-electron chi connectivity index (χ0n) is 15.9. The second-order valence-corrected chi connectivity index (χ2v) is 7.20. The summed E-state index contributed by atoms with van der Waals surface area (Å²) in [7, 11) is 0. The first-order chi connectivity index (χ1) is 13.0. The SMILES string of the molecule is CCc1ccc(N2CC(c3noc(-c4cc(C)ccc4C)n3)CC2=O)cc1. The van der Waals surface area contributed by atoms with Crippen molar-refractivity contribution in [2.45, 2.75) is 39.5 Å². The van der Waals surface area contributed by atoms with Gasteiger partial charge in [-0.05, 0) is 49.6 Å². The van der Waals surface area contributed by atoms with Crippen LogP contribution in [0.4, 0.5) is 5.69 Å². The Bertz CT molecular complexity index is 975. The topological polar surface area (TPSA) is 59.2 Å². The lowest BCUT2D eigenvalue weighted by molar-refractivity contribution is -0.117. The highest BCUT2D eigenvalue weighted by Gasteiger charge is 2.34. The fraction of sp³-hybridized carbons (Fsp3) is 0.318. The Kier molecular flexibility index (Phi) is 4.52. The summed E-state index contributed by atoms with van der Waals surface area (Å²) in [6.45, 7) is 6.77. The quantitative estimate of drug-likeness (QED) is 0.689. The normalized spacial score (nSPS) is 16.9. The molecule has 1 amide bonds. The number of anilines is 1. The summed E-state index contributed by atoms with van der Waals surface area (Å²) < 4.78 is 5.51. The maximum atomic E-state index is 12.5. The van der Waals surface area contributed by atoms with E-state index in [2.05, 4.69) is 41.3 Å². The number of hydrogen-bond donors (Lipinski definition) is 0. The lowest BCUT2D eigenvalue weighted by atomic mass is 10.1. The van der Waals surface area contributed by atoms with Gasteiger partial charge in [-0.2, -0.15) is 4.98 Å². The van der Waals surface area contributed by atoms with E-state index in [0.29, 0.717) is 24.7 Å². The van der Waals surface area contributed by atoms with Crippen molar-refractivity contribution in [2.75, 3.05) is 11.4 Å². The van der Waals surface area contributed by atoms with E-state index in [1.165, 1.54) is 5.56 Å². The van der Waals surface area contributed by atoms with Gasteiger partial charge in [0.15, 0.2) is 5.82 Å². The van der Waals surface area contributed by atoms with Gasteiger partial charge >= 0.3 is 0 Å². The van der Waals surface area contributed by atoms with Crippen molar-refractivity contribution in [1.82, 2.24) is 10.1 Å². The lowest BCUT2D eigenvalue weighted by Gasteiger charge is -2.16. The number of benzene rings is 2. The molecular weight excluding hydrogens is 338 g/mol. The molecule has 1 unspecified atom stereocenters. The maximum absolute atomic E-state index is 12.5. The molecule has 1 saturated heterocycles. The molecule has 2 heterocycles. The van der Waals surface area contributed by atoms with E-state index in [1.807, 2.05) is 36.9 Å². The first-order valence-corrected chi connectivity index (χ1v) is 9.35. The van der Waals surface area contributed by atoms with Gasteiger partial charge in [0.1, 0.15) is 0 Å². The molecule has 138 valence electrons. The Balaban J connectivity index is 1.56. The molecule has 1 atom stereocenters. The van der Waals surface area contributed by atoms with E-state index < -0.39 is 0 Å². The maximum Gasteiger partial charge on any atom is 0.258 e. The highest BCUT2D eigenvalue weighted by Crippen LogP contribution is 2.32. The van der Waals surface area contributed by atoms with Crippen molar-refractivity contribution in [3.05, 3.63) is 65.0 Å². The molecule has 4 rings (SSSR count). The average Bonchev–Trinajstić information content (AvgIpc) is 3.31. The fourth-order valence-corrected chi connectivity index (χ4v) is 3.52. The van der Waals surface area contributed by atoms with Gasteiger partial charge in [0.2, 0.25) is 5.91 Å². The highest BCUT2D eigenvalue weighted by molar-refractivity contribution is 5.96. The Hall–Kier alpha value is -2.95. The number of amides is 1. The second kappa shape index (κ2) is 6.99. The van der Waals surface area contributed by atoms with Crippen LogP contribution in [0.25, 0.3) is 11.5 Å². The van der Waals surface area contributed by atoms with E-state index >= 15 is 0 Å². The van der Waals surface area contributed by atoms with Crippen LogP contribution in [0.3, 0.4) is 0 Å². The molecule has 5 heteroatoms. The molecule has 1 aliphatic heterocycles. The minimum atomic E-state index is -0.0500. The molecule has 1 aromatic heterocycles. The van der Waals surface area contributed by atoms with Crippen LogP contribution in [0.15, 0.2) is 47.0 Å². The van der Waals surface area contributed by atoms with Crippen molar-refractivity contribution >= 4 is 11.6 Å². The van der Waals surface area contributed by atoms with Crippen LogP contribution in [-0.4, -0.2) is 22.6 Å². The summed E-state index contributed by atoms with van der Waals surface area (Å²) in [5.74, 6) is 1.17. The van der Waals surface area contributed by atoms with Gasteiger partial charge in [0.25, 0.3) is 5.89 Å². The van der Waals surface area contributed by atoms with Crippen LogP contribution in [0.5, 0.6) is 0 Å². The van der Waals surface area contributed by atoms with Crippen molar-refractivity contribution < 1.29 is 9.32 Å². The van der Waals surface area contributed by atoms with Crippen molar-refractivity contribution in [3.8, 4) is 11.5 Å². The monoisotopic (exact) mass is 361 g/mol. The van der Waals surface area contributed by atoms with Gasteiger partial charge in [-0.3, -0.25) is 4.79 Å². The lowest BCUT2D eigenvalue weighted by Crippen LogP contribution is -2.24. The minimum Gasteiger partial charge on any atom is -0.334 e. The van der Waals surface area contributed by atoms with Gasteiger partial charge in [-0.1, -0.05) is 41.9 Å². The third-order valence-electron chi connectivity index (χ3n) is 5.21. The Morgan fingerprint density at radius 1 is 1.15 bits per heavy atom. The predicted molar refractivity (Wildman–Crippen MR) is 105 cm³/mol. The first-order valence-electron chi connectivity index (χ1n) is 9.35. The molecule has 5 nitrogen and oxygen atoms in total. The van der Waals surface area contributed by atoms with Crippen LogP contribution < -0.4 is 4.90 Å². The smallest absolute Gasteiger partial charge is 0.258 e. The standard InChI is InChI=1S/C22H23N3O2/c1-4-16-7-9-18(10-8-16)25-13-17(12-20(25)26)21-23-22(27-24-21)19-11-14(2)5-6-15(19)3/h5-11,17H,4,12-13H2,1-3H3. The van der Waals surface area contributed by atoms with Crippen LogP contribution in [0, 0.1) is 13.8 Å². The zero-order chi connectivity index (χ0) is 19.0. The van der Waals surface area contributed by atoms with E-state index in [1.54, 1.807) is 0 Å². The molecule has 2 aromatic carbocycles. The fourth-order valence-electron chi connectivity index (χ4n) is 3.52. The third-order valence-corrected chi connectivity index (χ3v) is 5.21. The first kappa shape index (κ1) is 17.5. The van der Waals surface area contributed by atoms with Crippen LogP contribution >= 0.6 is 0 Å². The zero-order valence-corrected chi connectivity index (χ0v) is 15.9. The highest BCUT2D eigenvalue weighted by atomic mass is 16.5. The largest absolute Gasteiger partial charge is 0.334 e. The van der Waals surface area contributed by atoms with Crippen molar-refractivity contribution in [3.63, 3.8) is 0 Å². The second-order valence-electron chi connectivity index (χ2n) is 7.20. The molecule has 1 aliphatic rings. The van der Waals surface area contributed by atoms with Gasteiger partial charge in [-0.15, -0.1) is 0 Å². The number of hydrogen-bond acceptors (Lipinski definition) is 4. The molecule has 0 bridgehead atoms. The Morgan fingerprint density at radius 2 is 1.93 bits per heavy atom. The molecule has 27 heavy (non-hydrogen) atoms. The summed E-state index contributed by atoms with van der Waals surface area (Å²) in [5, 5.41) is 4.17. The van der Waals surface area contributed by atoms with Gasteiger partial charge < -0.3 is 9.42 Å².